The molecule has 0 amide bonds. The van der Waals surface area contributed by atoms with Gasteiger partial charge in [0.05, 0.1) is 29.5 Å². The molecule has 0 saturated carbocycles. The van der Waals surface area contributed by atoms with E-state index in [1.54, 1.807) is 12.1 Å². The third-order valence-corrected chi connectivity index (χ3v) is 4.00. The van der Waals surface area contributed by atoms with Crippen molar-refractivity contribution in [3.05, 3.63) is 52.3 Å². The van der Waals surface area contributed by atoms with Crippen LogP contribution in [0, 0.1) is 12.8 Å². The van der Waals surface area contributed by atoms with Gasteiger partial charge in [0, 0.05) is 31.7 Å². The summed E-state index contributed by atoms with van der Waals surface area (Å²) in [6.07, 6.45) is 3.97. The Balaban J connectivity index is 0.000000188. The maximum atomic E-state index is 5.58. The van der Waals surface area contributed by atoms with E-state index in [-0.39, 0.29) is 0 Å². The van der Waals surface area contributed by atoms with Gasteiger partial charge in [0.2, 0.25) is 0 Å². The van der Waals surface area contributed by atoms with Gasteiger partial charge in [-0.3, -0.25) is 4.68 Å². The summed E-state index contributed by atoms with van der Waals surface area (Å²) >= 11 is 11.2. The monoisotopic (exact) mass is 341 g/mol. The van der Waals surface area contributed by atoms with Crippen molar-refractivity contribution in [2.45, 2.75) is 13.5 Å². The van der Waals surface area contributed by atoms with Gasteiger partial charge < -0.3 is 10.1 Å². The maximum absolute atomic E-state index is 5.58. The lowest BCUT2D eigenvalue weighted by Gasteiger charge is -2.13. The van der Waals surface area contributed by atoms with Gasteiger partial charge in [-0.15, -0.1) is 0 Å². The van der Waals surface area contributed by atoms with E-state index in [9.17, 15) is 0 Å². The van der Waals surface area contributed by atoms with Crippen LogP contribution in [0.4, 0.5) is 0 Å². The molecular weight excluding hydrogens is 321 g/mol. The quantitative estimate of drug-likeness (QED) is 0.909. The van der Waals surface area contributed by atoms with Crippen molar-refractivity contribution in [3.8, 4) is 0 Å². The number of nitrogens with zero attached hydrogens (tertiary/aromatic N) is 2. The number of ether oxygens (including phenoxy) is 1. The van der Waals surface area contributed by atoms with Gasteiger partial charge in [0.15, 0.2) is 0 Å². The van der Waals surface area contributed by atoms with Crippen LogP contribution >= 0.6 is 23.2 Å². The van der Waals surface area contributed by atoms with E-state index in [0.717, 1.165) is 32.8 Å². The topological polar surface area (TPSA) is 39.1 Å². The third kappa shape index (κ3) is 5.97. The Labute approximate surface area is 141 Å². The zero-order valence-corrected chi connectivity index (χ0v) is 14.1. The Hall–Kier alpha value is -1.07. The summed E-state index contributed by atoms with van der Waals surface area (Å²) in [6.45, 7) is 6.67. The van der Waals surface area contributed by atoms with Crippen molar-refractivity contribution >= 4 is 23.2 Å². The minimum absolute atomic E-state index is 0.539. The summed E-state index contributed by atoms with van der Waals surface area (Å²) < 4.78 is 7.48. The Morgan fingerprint density at radius 1 is 1.32 bits per heavy atom. The van der Waals surface area contributed by atoms with E-state index < -0.39 is 0 Å². The largest absolute Gasteiger partial charge is 0.380 e. The number of nitrogens with one attached hydrogen (secondary N) is 1. The average molecular weight is 342 g/mol. The molecule has 4 nitrogen and oxygen atoms in total. The fraction of sp³-hybridized carbons (Fsp3) is 0.438. The smallest absolute Gasteiger partial charge is 0.0592 e. The maximum Gasteiger partial charge on any atom is 0.0592 e. The van der Waals surface area contributed by atoms with E-state index in [1.165, 1.54) is 5.56 Å². The van der Waals surface area contributed by atoms with E-state index in [0.29, 0.717) is 16.0 Å². The van der Waals surface area contributed by atoms with Crippen LogP contribution in [0.15, 0.2) is 36.7 Å². The first-order chi connectivity index (χ1) is 10.6. The molecule has 6 heteroatoms. The molecule has 1 fully saturated rings. The van der Waals surface area contributed by atoms with Crippen molar-refractivity contribution in [2.75, 3.05) is 26.3 Å². The average Bonchev–Trinajstić information content (AvgIpc) is 2.75. The number of hydrogen-bond acceptors (Lipinski definition) is 3. The van der Waals surface area contributed by atoms with Crippen LogP contribution in [0.1, 0.15) is 5.56 Å². The zero-order valence-electron chi connectivity index (χ0n) is 12.6. The summed E-state index contributed by atoms with van der Waals surface area (Å²) in [5, 5.41) is 8.84. The summed E-state index contributed by atoms with van der Waals surface area (Å²) in [7, 11) is 0. The molecule has 0 radical (unpaired) electrons. The van der Waals surface area contributed by atoms with Crippen LogP contribution < -0.4 is 5.32 Å². The van der Waals surface area contributed by atoms with Crippen molar-refractivity contribution in [3.63, 3.8) is 0 Å². The molecule has 0 aliphatic carbocycles. The lowest BCUT2D eigenvalue weighted by molar-refractivity contribution is 0.116. The van der Waals surface area contributed by atoms with Crippen LogP contribution in [-0.2, 0) is 11.3 Å². The van der Waals surface area contributed by atoms with Crippen molar-refractivity contribution < 1.29 is 4.74 Å². The number of halogens is 2. The van der Waals surface area contributed by atoms with Crippen molar-refractivity contribution in [1.29, 1.82) is 0 Å². The van der Waals surface area contributed by atoms with Crippen LogP contribution in [-0.4, -0.2) is 36.1 Å². The molecule has 1 atom stereocenters. The Morgan fingerprint density at radius 3 is 2.64 bits per heavy atom. The minimum Gasteiger partial charge on any atom is -0.380 e. The van der Waals surface area contributed by atoms with E-state index in [2.05, 4.69) is 23.5 Å². The highest BCUT2D eigenvalue weighted by molar-refractivity contribution is 6.41. The molecule has 1 aliphatic rings. The van der Waals surface area contributed by atoms with E-state index in [4.69, 9.17) is 27.9 Å². The van der Waals surface area contributed by atoms with Crippen molar-refractivity contribution in [1.82, 2.24) is 15.1 Å². The van der Waals surface area contributed by atoms with Crippen molar-refractivity contribution in [2.24, 2.45) is 5.92 Å². The normalized spacial score (nSPS) is 18.2. The summed E-state index contributed by atoms with van der Waals surface area (Å²) in [6, 6.07) is 7.19. The van der Waals surface area contributed by atoms with Gasteiger partial charge in [-0.1, -0.05) is 35.3 Å². The van der Waals surface area contributed by atoms with Gasteiger partial charge in [-0.25, -0.2) is 0 Å². The van der Waals surface area contributed by atoms with Gasteiger partial charge in [-0.2, -0.15) is 5.10 Å². The molecule has 120 valence electrons. The molecule has 1 aromatic carbocycles. The second kappa shape index (κ2) is 9.16. The first-order valence-corrected chi connectivity index (χ1v) is 8.08. The first-order valence-electron chi connectivity index (χ1n) is 7.32. The molecule has 1 N–H and O–H groups in total. The molecule has 0 spiro atoms. The lowest BCUT2D eigenvalue weighted by Crippen LogP contribution is -2.26. The van der Waals surface area contributed by atoms with Gasteiger partial charge in [-0.05, 0) is 24.6 Å². The highest BCUT2D eigenvalue weighted by Crippen LogP contribution is 2.19. The number of aryl methyl sites for hydroxylation is 1. The number of aromatic nitrogens is 2. The molecule has 22 heavy (non-hydrogen) atoms. The fourth-order valence-corrected chi connectivity index (χ4v) is 2.42. The summed E-state index contributed by atoms with van der Waals surface area (Å²) in [4.78, 5) is 0. The molecule has 2 aromatic rings. The highest BCUT2D eigenvalue weighted by atomic mass is 35.5. The molecule has 1 aliphatic heterocycles. The number of rotatable bonds is 2. The molecule has 1 aromatic heterocycles. The minimum atomic E-state index is 0.539. The van der Waals surface area contributed by atoms with E-state index in [1.807, 2.05) is 23.0 Å². The lowest BCUT2D eigenvalue weighted by atomic mass is 10.1. The molecule has 0 bridgehead atoms. The second-order valence-corrected chi connectivity index (χ2v) is 6.11. The highest BCUT2D eigenvalue weighted by Gasteiger charge is 2.12. The zero-order chi connectivity index (χ0) is 15.8. The second-order valence-electron chi connectivity index (χ2n) is 5.30. The molecule has 2 heterocycles. The molecule has 1 saturated heterocycles. The Bertz CT molecular complexity index is 545. The van der Waals surface area contributed by atoms with E-state index >= 15 is 0 Å². The molecule has 1 unspecified atom stereocenters. The molecular formula is C16H21Cl2N3O. The predicted octanol–water partition coefficient (Wildman–Crippen LogP) is 3.42. The van der Waals surface area contributed by atoms with Crippen LogP contribution in [0.3, 0.4) is 0 Å². The standard InChI is InChI=1S/C10H17N3O.C6H4Cl2/c1-9-4-12-13(6-9)7-10-5-11-2-3-14-8-10;7-5-3-1-2-4-6(5)8/h4,6,10-11H,2-3,5,7-8H2,1H3;1-4H. The van der Waals surface area contributed by atoms with Crippen LogP contribution in [0.2, 0.25) is 10.0 Å². The Morgan fingerprint density at radius 2 is 2.05 bits per heavy atom. The SMILES string of the molecule is Cc1cnn(CC2CNCCOC2)c1.Clc1ccccc1Cl. The summed E-state index contributed by atoms with van der Waals surface area (Å²) in [5.41, 5.74) is 1.22. The van der Waals surface area contributed by atoms with Gasteiger partial charge in [0.1, 0.15) is 0 Å². The van der Waals surface area contributed by atoms with Gasteiger partial charge >= 0.3 is 0 Å². The number of hydrogen-bond donors (Lipinski definition) is 1. The van der Waals surface area contributed by atoms with Crippen LogP contribution in [0.5, 0.6) is 0 Å². The predicted molar refractivity (Wildman–Crippen MR) is 90.6 cm³/mol. The van der Waals surface area contributed by atoms with Gasteiger partial charge in [0.25, 0.3) is 0 Å². The van der Waals surface area contributed by atoms with Crippen LogP contribution in [0.25, 0.3) is 0 Å². The first kappa shape index (κ1) is 17.3. The third-order valence-electron chi connectivity index (χ3n) is 3.24. The summed E-state index contributed by atoms with van der Waals surface area (Å²) in [5.74, 6) is 0.539. The Kier molecular flexibility index (Phi) is 7.19. The molecule has 3 rings (SSSR count). The fourth-order valence-electron chi connectivity index (χ4n) is 2.15. The number of benzene rings is 1.